The summed E-state index contributed by atoms with van der Waals surface area (Å²) in [6, 6.07) is 10.1. The van der Waals surface area contributed by atoms with Crippen LogP contribution in [0.15, 0.2) is 44.2 Å². The third-order valence-electron chi connectivity index (χ3n) is 4.94. The summed E-state index contributed by atoms with van der Waals surface area (Å²) >= 11 is 15.3. The minimum Gasteiger partial charge on any atom is -0.317 e. The van der Waals surface area contributed by atoms with Crippen molar-refractivity contribution in [3.63, 3.8) is 0 Å². The van der Waals surface area contributed by atoms with Crippen LogP contribution in [-0.4, -0.2) is 29.3 Å². The highest BCUT2D eigenvalue weighted by Gasteiger charge is 2.34. The number of hydrogen-bond acceptors (Lipinski definition) is 2. The molecule has 0 N–H and O–H groups in total. The van der Waals surface area contributed by atoms with Crippen molar-refractivity contribution in [1.29, 1.82) is 0 Å². The molecule has 1 unspecified atom stereocenters. The van der Waals surface area contributed by atoms with Crippen LogP contribution < -0.4 is 4.90 Å². The Morgan fingerprint density at radius 1 is 1.19 bits per heavy atom. The van der Waals surface area contributed by atoms with Crippen LogP contribution in [-0.2, 0) is 13.0 Å². The van der Waals surface area contributed by atoms with E-state index in [9.17, 15) is 4.79 Å². The summed E-state index contributed by atoms with van der Waals surface area (Å²) in [6.45, 7) is 3.42. The first-order valence-corrected chi connectivity index (χ1v) is 11.4. The van der Waals surface area contributed by atoms with Crippen LogP contribution in [0.2, 0.25) is 5.02 Å². The van der Waals surface area contributed by atoms with Gasteiger partial charge in [0.1, 0.15) is 0 Å². The second-order valence-corrected chi connectivity index (χ2v) is 9.84. The van der Waals surface area contributed by atoms with E-state index >= 15 is 0 Å². The summed E-state index contributed by atoms with van der Waals surface area (Å²) in [7, 11) is 0. The van der Waals surface area contributed by atoms with Gasteiger partial charge in [0.2, 0.25) is 0 Å². The molecule has 2 amide bonds. The van der Waals surface area contributed by atoms with Gasteiger partial charge in [0.15, 0.2) is 0 Å². The third kappa shape index (κ3) is 3.30. The highest BCUT2D eigenvalue weighted by molar-refractivity contribution is 9.11. The van der Waals surface area contributed by atoms with Crippen molar-refractivity contribution in [2.75, 3.05) is 17.2 Å². The zero-order chi connectivity index (χ0) is 18.4. The second kappa shape index (κ2) is 7.38. The van der Waals surface area contributed by atoms with Crippen LogP contribution in [0.1, 0.15) is 18.1 Å². The molecule has 2 aliphatic rings. The molecule has 0 radical (unpaired) electrons. The molecule has 4 rings (SSSR count). The molecular weight excluding hydrogens is 500 g/mol. The van der Waals surface area contributed by atoms with E-state index in [0.717, 1.165) is 31.7 Å². The molecule has 0 aromatic heterocycles. The van der Waals surface area contributed by atoms with Crippen molar-refractivity contribution in [3.8, 4) is 0 Å². The largest absolute Gasteiger partial charge is 0.325 e. The number of carbonyl (C=O) groups is 1. The van der Waals surface area contributed by atoms with Gasteiger partial charge in [-0.15, -0.1) is 11.8 Å². The first kappa shape index (κ1) is 18.7. The molecule has 26 heavy (non-hydrogen) atoms. The lowest BCUT2D eigenvalue weighted by Gasteiger charge is -2.40. The van der Waals surface area contributed by atoms with Gasteiger partial charge in [0.25, 0.3) is 0 Å². The number of halogens is 3. The predicted molar refractivity (Wildman–Crippen MR) is 115 cm³/mol. The van der Waals surface area contributed by atoms with Crippen LogP contribution in [0.4, 0.5) is 10.5 Å². The zero-order valence-electron chi connectivity index (χ0n) is 14.1. The monoisotopic (exact) mass is 514 g/mol. The summed E-state index contributed by atoms with van der Waals surface area (Å²) in [4.78, 5) is 18.4. The number of nitrogens with zero attached hydrogens (tertiary/aromatic N) is 2. The first-order chi connectivity index (χ1) is 12.5. The predicted octanol–water partition coefficient (Wildman–Crippen LogP) is 6.34. The Morgan fingerprint density at radius 2 is 1.92 bits per heavy atom. The van der Waals surface area contributed by atoms with Crippen molar-refractivity contribution in [1.82, 2.24) is 4.90 Å². The van der Waals surface area contributed by atoms with E-state index in [-0.39, 0.29) is 12.1 Å². The number of rotatable bonds is 0. The van der Waals surface area contributed by atoms with Crippen LogP contribution >= 0.6 is 55.2 Å². The van der Waals surface area contributed by atoms with E-state index in [0.29, 0.717) is 18.1 Å². The minimum atomic E-state index is 0.0545. The van der Waals surface area contributed by atoms with Crippen molar-refractivity contribution in [3.05, 3.63) is 55.4 Å². The molecule has 2 aliphatic heterocycles. The Kier molecular flexibility index (Phi) is 5.30. The maximum Gasteiger partial charge on any atom is 0.325 e. The summed E-state index contributed by atoms with van der Waals surface area (Å²) < 4.78 is 2.17. The Hall–Kier alpha value is -0.690. The Bertz CT molecular complexity index is 892. The van der Waals surface area contributed by atoms with E-state index in [1.54, 1.807) is 11.8 Å². The smallest absolute Gasteiger partial charge is 0.317 e. The SMILES string of the molecule is CC1Cc2c(Br)ccc(Br)c2CN1C(=O)N1CCSc2ccc(Cl)cc21. The number of anilines is 1. The number of amides is 2. The number of hydrogen-bond donors (Lipinski definition) is 0. The summed E-state index contributed by atoms with van der Waals surface area (Å²) in [6.07, 6.45) is 0.839. The van der Waals surface area contributed by atoms with E-state index in [4.69, 9.17) is 11.6 Å². The van der Waals surface area contributed by atoms with Gasteiger partial charge in [-0.05, 0) is 54.8 Å². The van der Waals surface area contributed by atoms with Crippen molar-refractivity contribution >= 4 is 66.9 Å². The molecule has 136 valence electrons. The Morgan fingerprint density at radius 3 is 2.69 bits per heavy atom. The van der Waals surface area contributed by atoms with E-state index in [1.807, 2.05) is 34.1 Å². The molecule has 7 heteroatoms. The normalized spacial score (nSPS) is 19.2. The summed E-state index contributed by atoms with van der Waals surface area (Å²) in [5.41, 5.74) is 3.39. The number of carbonyl (C=O) groups excluding carboxylic acids is 1. The fourth-order valence-corrected chi connectivity index (χ4v) is 5.73. The average Bonchev–Trinajstić information content (AvgIpc) is 2.63. The maximum atomic E-state index is 13.4. The number of thioether (sulfide) groups is 1. The van der Waals surface area contributed by atoms with Gasteiger partial charge in [-0.2, -0.15) is 0 Å². The molecule has 0 saturated heterocycles. The van der Waals surface area contributed by atoms with E-state index < -0.39 is 0 Å². The molecule has 3 nitrogen and oxygen atoms in total. The Balaban J connectivity index is 1.68. The van der Waals surface area contributed by atoms with Crippen LogP contribution in [0, 0.1) is 0 Å². The quantitative estimate of drug-likeness (QED) is 0.408. The second-order valence-electron chi connectivity index (χ2n) is 6.56. The zero-order valence-corrected chi connectivity index (χ0v) is 18.9. The fourth-order valence-electron chi connectivity index (χ4n) is 3.56. The maximum absolute atomic E-state index is 13.4. The van der Waals surface area contributed by atoms with Crippen LogP contribution in [0.3, 0.4) is 0 Å². The summed E-state index contributed by atoms with van der Waals surface area (Å²) in [5, 5.41) is 0.660. The van der Waals surface area contributed by atoms with Gasteiger partial charge in [0, 0.05) is 43.7 Å². The first-order valence-electron chi connectivity index (χ1n) is 8.42. The highest BCUT2D eigenvalue weighted by atomic mass is 79.9. The van der Waals surface area contributed by atoms with E-state index in [2.05, 4.69) is 44.8 Å². The molecule has 0 fully saturated rings. The third-order valence-corrected chi connectivity index (χ3v) is 7.70. The standard InChI is InChI=1S/C19H17Br2ClN2OS/c1-11-8-13-14(16(21)4-3-15(13)20)10-24(11)19(25)23-6-7-26-18-5-2-12(22)9-17(18)23/h2-5,9,11H,6-8,10H2,1H3. The van der Waals surface area contributed by atoms with E-state index in [1.165, 1.54) is 11.1 Å². The van der Waals surface area contributed by atoms with Gasteiger partial charge in [-0.25, -0.2) is 4.79 Å². The number of urea groups is 1. The molecule has 2 aromatic rings. The topological polar surface area (TPSA) is 23.6 Å². The van der Waals surface area contributed by atoms with Gasteiger partial charge in [-0.1, -0.05) is 43.5 Å². The van der Waals surface area contributed by atoms with Crippen molar-refractivity contribution in [2.45, 2.75) is 30.8 Å². The van der Waals surface area contributed by atoms with Gasteiger partial charge < -0.3 is 4.90 Å². The van der Waals surface area contributed by atoms with Crippen LogP contribution in [0.5, 0.6) is 0 Å². The molecular formula is C19H17Br2ClN2OS. The van der Waals surface area contributed by atoms with Crippen LogP contribution in [0.25, 0.3) is 0 Å². The molecule has 2 heterocycles. The molecule has 0 aliphatic carbocycles. The number of fused-ring (bicyclic) bond motifs is 2. The average molecular weight is 517 g/mol. The van der Waals surface area contributed by atoms with Gasteiger partial charge in [0.05, 0.1) is 5.69 Å². The molecule has 0 saturated carbocycles. The fraction of sp³-hybridized carbons (Fsp3) is 0.316. The molecule has 0 spiro atoms. The van der Waals surface area contributed by atoms with Gasteiger partial charge in [-0.3, -0.25) is 4.90 Å². The Labute approximate surface area is 179 Å². The van der Waals surface area contributed by atoms with Crippen molar-refractivity contribution < 1.29 is 4.79 Å². The number of benzene rings is 2. The highest BCUT2D eigenvalue weighted by Crippen LogP contribution is 2.39. The van der Waals surface area contributed by atoms with Gasteiger partial charge >= 0.3 is 6.03 Å². The molecule has 2 aromatic carbocycles. The lowest BCUT2D eigenvalue weighted by molar-refractivity contribution is 0.175. The van der Waals surface area contributed by atoms with Crippen molar-refractivity contribution in [2.24, 2.45) is 0 Å². The molecule has 0 bridgehead atoms. The summed E-state index contributed by atoms with van der Waals surface area (Å²) in [5.74, 6) is 0.897. The lowest BCUT2D eigenvalue weighted by atomic mass is 9.95. The lowest BCUT2D eigenvalue weighted by Crippen LogP contribution is -2.51. The minimum absolute atomic E-state index is 0.0545. The molecule has 1 atom stereocenters.